The molecule has 0 heterocycles. The second kappa shape index (κ2) is 3.02. The first-order chi connectivity index (χ1) is 3.55. The van der Waals surface area contributed by atoms with Crippen LogP contribution in [0, 0.1) is 5.92 Å². The van der Waals surface area contributed by atoms with Gasteiger partial charge in [0.15, 0.2) is 0 Å². The van der Waals surface area contributed by atoms with Crippen molar-refractivity contribution >= 4 is 0 Å². The van der Waals surface area contributed by atoms with Crippen LogP contribution >= 0.6 is 0 Å². The highest BCUT2D eigenvalue weighted by atomic mass is 19.1. The summed E-state index contributed by atoms with van der Waals surface area (Å²) in [5.41, 5.74) is 0. The van der Waals surface area contributed by atoms with Crippen molar-refractivity contribution in [1.29, 1.82) is 0 Å². The molecule has 0 aliphatic carbocycles. The van der Waals surface area contributed by atoms with Crippen LogP contribution in [0.1, 0.15) is 20.8 Å². The van der Waals surface area contributed by atoms with E-state index in [1.165, 1.54) is 6.92 Å². The van der Waals surface area contributed by atoms with Crippen LogP contribution in [0.2, 0.25) is 0 Å². The fraction of sp³-hybridized carbons (Fsp3) is 1.00. The van der Waals surface area contributed by atoms with Gasteiger partial charge in [0.05, 0.1) is 6.10 Å². The molecule has 8 heavy (non-hydrogen) atoms. The first kappa shape index (κ1) is 7.89. The maximum atomic E-state index is 12.2. The van der Waals surface area contributed by atoms with Crippen LogP contribution < -0.4 is 0 Å². The van der Waals surface area contributed by atoms with E-state index in [0.717, 1.165) is 0 Å². The maximum absolute atomic E-state index is 12.2. The van der Waals surface area contributed by atoms with E-state index in [9.17, 15) is 4.39 Å². The number of halogens is 1. The van der Waals surface area contributed by atoms with Crippen LogP contribution in [0.5, 0.6) is 0 Å². The van der Waals surface area contributed by atoms with Gasteiger partial charge in [0.25, 0.3) is 0 Å². The molecule has 0 aromatic rings. The topological polar surface area (TPSA) is 20.2 Å². The van der Waals surface area contributed by atoms with E-state index in [1.54, 1.807) is 13.8 Å². The minimum Gasteiger partial charge on any atom is -0.393 e. The van der Waals surface area contributed by atoms with Gasteiger partial charge in [-0.2, -0.15) is 0 Å². The summed E-state index contributed by atoms with van der Waals surface area (Å²) >= 11 is 0. The average Bonchev–Trinajstić information content (AvgIpc) is 1.64. The molecule has 3 atom stereocenters. The zero-order valence-corrected chi connectivity index (χ0v) is 5.56. The fourth-order valence-corrected chi connectivity index (χ4v) is 0.384. The quantitative estimate of drug-likeness (QED) is 0.583. The summed E-state index contributed by atoms with van der Waals surface area (Å²) in [6.07, 6.45) is -1.44. The van der Waals surface area contributed by atoms with Gasteiger partial charge in [-0.25, -0.2) is 4.39 Å². The van der Waals surface area contributed by atoms with E-state index < -0.39 is 12.3 Å². The summed E-state index contributed by atoms with van der Waals surface area (Å²) in [6, 6.07) is 0. The van der Waals surface area contributed by atoms with Crippen LogP contribution in [0.15, 0.2) is 0 Å². The van der Waals surface area contributed by atoms with Gasteiger partial charge in [0.2, 0.25) is 0 Å². The monoisotopic (exact) mass is 120 g/mol. The molecule has 3 unspecified atom stereocenters. The number of hydrogen-bond acceptors (Lipinski definition) is 1. The van der Waals surface area contributed by atoms with Gasteiger partial charge in [-0.15, -0.1) is 0 Å². The zero-order valence-electron chi connectivity index (χ0n) is 5.56. The van der Waals surface area contributed by atoms with Gasteiger partial charge in [-0.1, -0.05) is 6.92 Å². The highest BCUT2D eigenvalue weighted by molar-refractivity contribution is 4.63. The Labute approximate surface area is 49.5 Å². The van der Waals surface area contributed by atoms with Crippen LogP contribution in [-0.2, 0) is 0 Å². The molecule has 0 amide bonds. The summed E-state index contributed by atoms with van der Waals surface area (Å²) in [7, 11) is 0. The van der Waals surface area contributed by atoms with E-state index in [1.807, 2.05) is 0 Å². The van der Waals surface area contributed by atoms with Gasteiger partial charge < -0.3 is 5.11 Å². The van der Waals surface area contributed by atoms with Crippen molar-refractivity contribution in [2.75, 3.05) is 0 Å². The predicted molar refractivity (Wildman–Crippen MR) is 31.4 cm³/mol. The lowest BCUT2D eigenvalue weighted by atomic mass is 10.0. The Morgan fingerprint density at radius 3 is 1.62 bits per heavy atom. The molecule has 0 aromatic carbocycles. The van der Waals surface area contributed by atoms with Gasteiger partial charge >= 0.3 is 0 Å². The molecule has 1 N–H and O–H groups in total. The van der Waals surface area contributed by atoms with Gasteiger partial charge in [0.1, 0.15) is 6.17 Å². The van der Waals surface area contributed by atoms with E-state index in [0.29, 0.717) is 0 Å². The lowest BCUT2D eigenvalue weighted by molar-refractivity contribution is 0.0862. The normalized spacial score (nSPS) is 22.1. The van der Waals surface area contributed by atoms with E-state index in [-0.39, 0.29) is 5.92 Å². The van der Waals surface area contributed by atoms with Gasteiger partial charge in [-0.05, 0) is 13.8 Å². The number of aliphatic hydroxyl groups is 1. The molecule has 2 heteroatoms. The Balaban J connectivity index is 3.46. The summed E-state index contributed by atoms with van der Waals surface area (Å²) in [5.74, 6) is -0.241. The van der Waals surface area contributed by atoms with Crippen molar-refractivity contribution in [1.82, 2.24) is 0 Å². The van der Waals surface area contributed by atoms with Crippen LogP contribution in [-0.4, -0.2) is 17.4 Å². The summed E-state index contributed by atoms with van der Waals surface area (Å²) < 4.78 is 12.2. The van der Waals surface area contributed by atoms with Crippen molar-refractivity contribution in [3.63, 3.8) is 0 Å². The molecular weight excluding hydrogens is 107 g/mol. The van der Waals surface area contributed by atoms with E-state index >= 15 is 0 Å². The molecule has 0 bridgehead atoms. The highest BCUT2D eigenvalue weighted by Crippen LogP contribution is 2.10. The molecule has 0 spiro atoms. The van der Waals surface area contributed by atoms with Gasteiger partial charge in [0, 0.05) is 5.92 Å². The molecule has 0 saturated heterocycles. The number of hydrogen-bond donors (Lipinski definition) is 1. The minimum atomic E-state index is -0.907. The van der Waals surface area contributed by atoms with Crippen LogP contribution in [0.4, 0.5) is 4.39 Å². The zero-order chi connectivity index (χ0) is 6.73. The van der Waals surface area contributed by atoms with E-state index in [2.05, 4.69) is 0 Å². The molecule has 0 aromatic heterocycles. The number of alkyl halides is 1. The second-order valence-corrected chi connectivity index (χ2v) is 2.28. The molecule has 0 radical (unpaired) electrons. The second-order valence-electron chi connectivity index (χ2n) is 2.28. The Morgan fingerprint density at radius 2 is 1.62 bits per heavy atom. The van der Waals surface area contributed by atoms with Crippen molar-refractivity contribution in [3.8, 4) is 0 Å². The Kier molecular flexibility index (Phi) is 2.98. The first-order valence-electron chi connectivity index (χ1n) is 2.88. The Morgan fingerprint density at radius 1 is 1.25 bits per heavy atom. The molecule has 0 fully saturated rings. The van der Waals surface area contributed by atoms with Crippen molar-refractivity contribution in [2.24, 2.45) is 5.92 Å². The molecular formula is C6H13FO. The van der Waals surface area contributed by atoms with Crippen LogP contribution in [0.25, 0.3) is 0 Å². The summed E-state index contributed by atoms with van der Waals surface area (Å²) in [5, 5.41) is 8.75. The predicted octanol–water partition coefficient (Wildman–Crippen LogP) is 1.36. The summed E-state index contributed by atoms with van der Waals surface area (Å²) in [4.78, 5) is 0. The summed E-state index contributed by atoms with van der Waals surface area (Å²) in [6.45, 7) is 4.74. The van der Waals surface area contributed by atoms with Crippen molar-refractivity contribution < 1.29 is 9.50 Å². The third-order valence-electron chi connectivity index (χ3n) is 1.49. The molecule has 0 aliphatic rings. The SMILES string of the molecule is CC(O)C(C)C(C)F. The smallest absolute Gasteiger partial charge is 0.102 e. The first-order valence-corrected chi connectivity index (χ1v) is 2.88. The number of aliphatic hydroxyl groups excluding tert-OH is 1. The highest BCUT2D eigenvalue weighted by Gasteiger charge is 2.14. The van der Waals surface area contributed by atoms with E-state index in [4.69, 9.17) is 5.11 Å². The fourth-order valence-electron chi connectivity index (χ4n) is 0.384. The third-order valence-corrected chi connectivity index (χ3v) is 1.49. The van der Waals surface area contributed by atoms with Crippen molar-refractivity contribution in [2.45, 2.75) is 33.0 Å². The molecule has 1 nitrogen and oxygen atoms in total. The standard InChI is InChI=1S/C6H13FO/c1-4(5(2)7)6(3)8/h4-6,8H,1-3H3. The lowest BCUT2D eigenvalue weighted by Crippen LogP contribution is -2.21. The lowest BCUT2D eigenvalue weighted by Gasteiger charge is -2.14. The Bertz CT molecular complexity index is 53.5. The van der Waals surface area contributed by atoms with Crippen molar-refractivity contribution in [3.05, 3.63) is 0 Å². The molecule has 0 saturated carbocycles. The molecule has 50 valence electrons. The maximum Gasteiger partial charge on any atom is 0.102 e. The molecule has 0 rings (SSSR count). The van der Waals surface area contributed by atoms with Gasteiger partial charge in [-0.3, -0.25) is 0 Å². The minimum absolute atomic E-state index is 0.241. The Hall–Kier alpha value is -0.110. The molecule has 0 aliphatic heterocycles. The number of rotatable bonds is 2. The third kappa shape index (κ3) is 2.26. The average molecular weight is 120 g/mol. The largest absolute Gasteiger partial charge is 0.393 e. The van der Waals surface area contributed by atoms with Crippen LogP contribution in [0.3, 0.4) is 0 Å².